The van der Waals surface area contributed by atoms with Gasteiger partial charge in [0.15, 0.2) is 0 Å². The predicted molar refractivity (Wildman–Crippen MR) is 141 cm³/mol. The van der Waals surface area contributed by atoms with E-state index in [0.717, 1.165) is 36.3 Å². The summed E-state index contributed by atoms with van der Waals surface area (Å²) >= 11 is 0. The fourth-order valence-corrected chi connectivity index (χ4v) is 7.63. The van der Waals surface area contributed by atoms with Gasteiger partial charge in [0.05, 0.1) is 0 Å². The van der Waals surface area contributed by atoms with E-state index in [0.29, 0.717) is 23.9 Å². The summed E-state index contributed by atoms with van der Waals surface area (Å²) in [6.07, 6.45) is 7.16. The Morgan fingerprint density at radius 3 is 1.78 bits per heavy atom. The molecule has 0 saturated carbocycles. The zero-order valence-electron chi connectivity index (χ0n) is 19.6. The minimum atomic E-state index is -2.64. The largest absolute Gasteiger partial charge is 0.314 e. The van der Waals surface area contributed by atoms with Gasteiger partial charge in [0, 0.05) is 16.8 Å². The lowest BCUT2D eigenvalue weighted by atomic mass is 9.82. The molecule has 0 heterocycles. The molecule has 0 fully saturated rings. The summed E-state index contributed by atoms with van der Waals surface area (Å²) in [5, 5.41) is 1.93. The maximum atomic E-state index is 14.3. The Morgan fingerprint density at radius 1 is 0.812 bits per heavy atom. The topological polar surface area (TPSA) is 17.1 Å². The van der Waals surface area contributed by atoms with Crippen LogP contribution in [-0.2, 0) is 4.57 Å². The van der Waals surface area contributed by atoms with Crippen LogP contribution in [0.5, 0.6) is 0 Å². The molecule has 2 heteroatoms. The van der Waals surface area contributed by atoms with Crippen LogP contribution in [0.1, 0.15) is 51.0 Å². The zero-order chi connectivity index (χ0) is 22.8. The third-order valence-corrected chi connectivity index (χ3v) is 9.83. The van der Waals surface area contributed by atoms with Crippen LogP contribution in [0.15, 0.2) is 104 Å². The number of hydrogen-bond donors (Lipinski definition) is 0. The molecule has 0 bridgehead atoms. The van der Waals surface area contributed by atoms with Gasteiger partial charge in [0.2, 0.25) is 0 Å². The molecular weight excluding hydrogens is 407 g/mol. The van der Waals surface area contributed by atoms with Crippen LogP contribution in [0.4, 0.5) is 0 Å². The molecule has 1 nitrogen and oxygen atoms in total. The van der Waals surface area contributed by atoms with E-state index in [-0.39, 0.29) is 0 Å². The van der Waals surface area contributed by atoms with Gasteiger partial charge in [-0.1, -0.05) is 111 Å². The van der Waals surface area contributed by atoms with Crippen LogP contribution in [0.2, 0.25) is 0 Å². The van der Waals surface area contributed by atoms with E-state index in [1.807, 2.05) is 60.7 Å². The normalized spacial score (nSPS) is 14.4. The summed E-state index contributed by atoms with van der Waals surface area (Å²) in [4.78, 5) is 0. The van der Waals surface area contributed by atoms with Crippen molar-refractivity contribution in [2.45, 2.75) is 45.4 Å². The third-order valence-electron chi connectivity index (χ3n) is 6.67. The summed E-state index contributed by atoms with van der Waals surface area (Å²) < 4.78 is 14.3. The molecule has 32 heavy (non-hydrogen) atoms. The first-order valence-corrected chi connectivity index (χ1v) is 13.8. The molecule has 0 N–H and O–H groups in total. The highest BCUT2D eigenvalue weighted by Gasteiger charge is 2.28. The molecule has 0 radical (unpaired) electrons. The number of rotatable bonds is 12. The molecule has 3 unspecified atom stereocenters. The highest BCUT2D eigenvalue weighted by atomic mass is 31.2. The molecule has 3 aromatic rings. The monoisotopic (exact) mass is 444 g/mol. The van der Waals surface area contributed by atoms with Crippen molar-refractivity contribution >= 4 is 17.8 Å². The maximum Gasteiger partial charge on any atom is 0.143 e. The molecule has 3 atom stereocenters. The van der Waals surface area contributed by atoms with Gasteiger partial charge in [-0.15, -0.1) is 6.58 Å². The van der Waals surface area contributed by atoms with E-state index in [4.69, 9.17) is 0 Å². The van der Waals surface area contributed by atoms with Crippen LogP contribution in [0.3, 0.4) is 0 Å². The Hall–Kier alpha value is -2.37. The van der Waals surface area contributed by atoms with Crippen molar-refractivity contribution in [3.8, 4) is 0 Å². The van der Waals surface area contributed by atoms with E-state index < -0.39 is 7.14 Å². The van der Waals surface area contributed by atoms with Crippen LogP contribution in [-0.4, -0.2) is 6.16 Å². The van der Waals surface area contributed by atoms with Crippen molar-refractivity contribution in [1.29, 1.82) is 0 Å². The lowest BCUT2D eigenvalue weighted by Crippen LogP contribution is -2.20. The van der Waals surface area contributed by atoms with E-state index in [9.17, 15) is 4.57 Å². The first-order chi connectivity index (χ1) is 15.6. The Morgan fingerprint density at radius 2 is 1.31 bits per heavy atom. The molecular formula is C30H37OP. The lowest BCUT2D eigenvalue weighted by Gasteiger charge is -2.25. The fraction of sp³-hybridized carbons (Fsp3) is 0.333. The Kier molecular flexibility index (Phi) is 9.12. The summed E-state index contributed by atoms with van der Waals surface area (Å²) in [6.45, 7) is 8.73. The third kappa shape index (κ3) is 6.33. The first kappa shape index (κ1) is 24.3. The van der Waals surface area contributed by atoms with Gasteiger partial charge < -0.3 is 4.57 Å². The minimum Gasteiger partial charge on any atom is -0.314 e. The van der Waals surface area contributed by atoms with Crippen molar-refractivity contribution < 1.29 is 4.57 Å². The second-order valence-corrected chi connectivity index (χ2v) is 12.0. The quantitative estimate of drug-likeness (QED) is 0.206. The number of allylic oxidation sites excluding steroid dienone is 1. The average Bonchev–Trinajstić information content (AvgIpc) is 2.86. The SMILES string of the molecule is C=CC(CC(C)CCP(=O)(c1ccccc1)c1ccccc1)CC(CC)c1ccccc1. The van der Waals surface area contributed by atoms with E-state index in [2.05, 4.69) is 56.8 Å². The predicted octanol–water partition coefficient (Wildman–Crippen LogP) is 7.80. The van der Waals surface area contributed by atoms with E-state index in [1.54, 1.807) is 0 Å². The molecule has 0 aliphatic carbocycles. The molecule has 3 rings (SSSR count). The van der Waals surface area contributed by atoms with Gasteiger partial charge >= 0.3 is 0 Å². The van der Waals surface area contributed by atoms with Gasteiger partial charge in [-0.3, -0.25) is 0 Å². The average molecular weight is 445 g/mol. The van der Waals surface area contributed by atoms with Crippen molar-refractivity contribution in [3.05, 3.63) is 109 Å². The first-order valence-electron chi connectivity index (χ1n) is 11.9. The summed E-state index contributed by atoms with van der Waals surface area (Å²) in [6, 6.07) is 30.9. The second-order valence-electron chi connectivity index (χ2n) is 9.01. The standard InChI is InChI=1S/C30H37OP/c1-4-26(24-27(5-2)28-15-9-6-10-16-28)23-25(3)21-22-32(31,29-17-11-7-12-18-29)30-19-13-8-14-20-30/h4,6-20,25-27H,1,5,21-24H2,2-3H3. The van der Waals surface area contributed by atoms with Crippen molar-refractivity contribution in [1.82, 2.24) is 0 Å². The van der Waals surface area contributed by atoms with E-state index in [1.165, 1.54) is 5.56 Å². The number of hydrogen-bond acceptors (Lipinski definition) is 1. The Bertz CT molecular complexity index is 938. The maximum absolute atomic E-state index is 14.3. The van der Waals surface area contributed by atoms with Crippen LogP contribution in [0.25, 0.3) is 0 Å². The highest BCUT2D eigenvalue weighted by Crippen LogP contribution is 2.45. The van der Waals surface area contributed by atoms with Crippen LogP contribution >= 0.6 is 7.14 Å². The van der Waals surface area contributed by atoms with Crippen LogP contribution < -0.4 is 10.6 Å². The molecule has 0 saturated heterocycles. The molecule has 0 aromatic heterocycles. The van der Waals surface area contributed by atoms with Gasteiger partial charge in [0.25, 0.3) is 0 Å². The molecule has 0 aliphatic heterocycles. The van der Waals surface area contributed by atoms with Gasteiger partial charge in [-0.25, -0.2) is 0 Å². The highest BCUT2D eigenvalue weighted by molar-refractivity contribution is 7.78. The van der Waals surface area contributed by atoms with Gasteiger partial charge in [-0.2, -0.15) is 0 Å². The summed E-state index contributed by atoms with van der Waals surface area (Å²) in [7, 11) is -2.64. The summed E-state index contributed by atoms with van der Waals surface area (Å²) in [5.74, 6) is 1.53. The van der Waals surface area contributed by atoms with Crippen LogP contribution in [0, 0.1) is 11.8 Å². The molecule has 0 aliphatic rings. The van der Waals surface area contributed by atoms with Crippen molar-refractivity contribution in [2.75, 3.05) is 6.16 Å². The fourth-order valence-electron chi connectivity index (χ4n) is 4.70. The molecule has 3 aromatic carbocycles. The minimum absolute atomic E-state index is 0.475. The van der Waals surface area contributed by atoms with Crippen molar-refractivity contribution in [2.24, 2.45) is 11.8 Å². The Labute approximate surface area is 195 Å². The smallest absolute Gasteiger partial charge is 0.143 e. The summed E-state index contributed by atoms with van der Waals surface area (Å²) in [5.41, 5.74) is 1.42. The molecule has 0 amide bonds. The van der Waals surface area contributed by atoms with Gasteiger partial charge in [0.1, 0.15) is 7.14 Å². The van der Waals surface area contributed by atoms with Gasteiger partial charge in [-0.05, 0) is 49.0 Å². The van der Waals surface area contributed by atoms with E-state index >= 15 is 0 Å². The second kappa shape index (κ2) is 12.0. The van der Waals surface area contributed by atoms with Crippen molar-refractivity contribution in [3.63, 3.8) is 0 Å². The number of benzene rings is 3. The zero-order valence-corrected chi connectivity index (χ0v) is 20.5. The molecule has 168 valence electrons. The lowest BCUT2D eigenvalue weighted by molar-refractivity contribution is 0.390. The molecule has 0 spiro atoms. The Balaban J connectivity index is 1.67.